The van der Waals surface area contributed by atoms with Crippen LogP contribution in [0.3, 0.4) is 0 Å². The summed E-state index contributed by atoms with van der Waals surface area (Å²) < 4.78 is 6.08. The summed E-state index contributed by atoms with van der Waals surface area (Å²) >= 11 is -0.449. The Morgan fingerprint density at radius 3 is 2.57 bits per heavy atom. The summed E-state index contributed by atoms with van der Waals surface area (Å²) in [5.74, 6) is -0.0702. The molecule has 1 aliphatic heterocycles. The molecular weight excluding hydrogens is 306 g/mol. The van der Waals surface area contributed by atoms with Crippen LogP contribution in [0.2, 0.25) is 0 Å². The summed E-state index contributed by atoms with van der Waals surface area (Å²) in [5, 5.41) is 4.77. The summed E-state index contributed by atoms with van der Waals surface area (Å²) in [7, 11) is 1.66. The average Bonchev–Trinajstić information content (AvgIpc) is 3.04. The van der Waals surface area contributed by atoms with Gasteiger partial charge in [0.2, 0.25) is 21.0 Å². The van der Waals surface area contributed by atoms with Gasteiger partial charge in [0.1, 0.15) is 6.61 Å². The number of hydrogen-bond donors (Lipinski definition) is 1. The Morgan fingerprint density at radius 1 is 1.00 bits per heavy atom. The van der Waals surface area contributed by atoms with Crippen LogP contribution in [0.4, 0.5) is 0 Å². The van der Waals surface area contributed by atoms with Gasteiger partial charge in [-0.1, -0.05) is 42.5 Å². The maximum atomic E-state index is 12.3. The molecule has 0 spiro atoms. The van der Waals surface area contributed by atoms with E-state index in [0.717, 1.165) is 15.7 Å². The first kappa shape index (κ1) is 14.3. The van der Waals surface area contributed by atoms with E-state index in [4.69, 9.17) is 4.18 Å². The fourth-order valence-electron chi connectivity index (χ4n) is 2.96. The van der Waals surface area contributed by atoms with Crippen LogP contribution >= 0.6 is 0 Å². The normalized spacial score (nSPS) is 16.3. The summed E-state index contributed by atoms with van der Waals surface area (Å²) in [6.07, 6.45) is 0. The highest BCUT2D eigenvalue weighted by Gasteiger charge is 2.39. The van der Waals surface area contributed by atoms with Crippen molar-refractivity contribution in [3.8, 4) is 0 Å². The van der Waals surface area contributed by atoms with Gasteiger partial charge in [-0.3, -0.25) is 4.79 Å². The van der Waals surface area contributed by atoms with Crippen molar-refractivity contribution in [1.82, 2.24) is 5.32 Å². The molecule has 0 aliphatic carbocycles. The van der Waals surface area contributed by atoms with E-state index in [2.05, 4.69) is 23.5 Å². The highest BCUT2D eigenvalue weighted by Crippen LogP contribution is 2.38. The van der Waals surface area contributed by atoms with E-state index in [1.165, 1.54) is 10.5 Å². The third kappa shape index (κ3) is 2.31. The third-order valence-corrected chi connectivity index (χ3v) is 5.93. The molecule has 0 radical (unpaired) electrons. The molecule has 23 heavy (non-hydrogen) atoms. The van der Waals surface area contributed by atoms with Crippen LogP contribution in [-0.4, -0.2) is 13.0 Å². The average molecular weight is 322 g/mol. The smallest absolute Gasteiger partial charge is 0.251 e. The molecule has 4 heteroatoms. The molecule has 114 valence electrons. The quantitative estimate of drug-likeness (QED) is 0.731. The van der Waals surface area contributed by atoms with Crippen molar-refractivity contribution in [2.24, 2.45) is 0 Å². The fourth-order valence-corrected chi connectivity index (χ4v) is 4.88. The second kappa shape index (κ2) is 5.72. The lowest BCUT2D eigenvalue weighted by Gasteiger charge is -2.08. The van der Waals surface area contributed by atoms with Gasteiger partial charge in [0.25, 0.3) is 5.91 Å². The number of nitrogens with one attached hydrogen (secondary N) is 1. The Balaban J connectivity index is 1.97. The molecule has 1 aliphatic rings. The van der Waals surface area contributed by atoms with Crippen LogP contribution in [0.15, 0.2) is 70.5 Å². The van der Waals surface area contributed by atoms with Crippen LogP contribution in [0, 0.1) is 0 Å². The highest BCUT2D eigenvalue weighted by atomic mass is 32.2. The molecule has 0 bridgehead atoms. The third-order valence-electron chi connectivity index (χ3n) is 4.04. The van der Waals surface area contributed by atoms with Crippen LogP contribution in [0.1, 0.15) is 15.9 Å². The van der Waals surface area contributed by atoms with Gasteiger partial charge in [-0.2, -0.15) is 4.18 Å². The van der Waals surface area contributed by atoms with Crippen LogP contribution < -0.4 is 5.32 Å². The topological polar surface area (TPSA) is 38.3 Å². The second-order valence-electron chi connectivity index (χ2n) is 5.38. The van der Waals surface area contributed by atoms with Crippen molar-refractivity contribution in [2.75, 3.05) is 7.05 Å². The monoisotopic (exact) mass is 322 g/mol. The van der Waals surface area contributed by atoms with Gasteiger partial charge in [-0.15, -0.1) is 0 Å². The molecule has 1 unspecified atom stereocenters. The minimum atomic E-state index is -0.449. The molecule has 1 atom stereocenters. The number of rotatable bonds is 2. The predicted molar refractivity (Wildman–Crippen MR) is 92.5 cm³/mol. The van der Waals surface area contributed by atoms with Gasteiger partial charge in [-0.05, 0) is 23.6 Å². The van der Waals surface area contributed by atoms with Crippen molar-refractivity contribution < 1.29 is 8.98 Å². The van der Waals surface area contributed by atoms with E-state index in [1.807, 2.05) is 42.5 Å². The van der Waals surface area contributed by atoms with Gasteiger partial charge in [-0.25, -0.2) is 0 Å². The molecule has 1 heterocycles. The Labute approximate surface area is 137 Å². The summed E-state index contributed by atoms with van der Waals surface area (Å²) in [5.41, 5.74) is 1.92. The molecular formula is C19H16NO2S+. The summed E-state index contributed by atoms with van der Waals surface area (Å²) in [6, 6.07) is 20.3. The number of benzene rings is 3. The molecule has 1 amide bonds. The highest BCUT2D eigenvalue weighted by molar-refractivity contribution is 7.93. The van der Waals surface area contributed by atoms with Crippen molar-refractivity contribution in [2.45, 2.75) is 16.4 Å². The number of carbonyl (C=O) groups excluding carboxylic acids is 1. The minimum Gasteiger partial charge on any atom is -0.355 e. The van der Waals surface area contributed by atoms with Crippen molar-refractivity contribution >= 4 is 27.9 Å². The zero-order valence-electron chi connectivity index (χ0n) is 12.7. The number of hydrogen-bond acceptors (Lipinski definition) is 2. The van der Waals surface area contributed by atoms with E-state index in [-0.39, 0.29) is 5.91 Å². The molecule has 3 aromatic rings. The van der Waals surface area contributed by atoms with Crippen molar-refractivity contribution in [3.63, 3.8) is 0 Å². The zero-order chi connectivity index (χ0) is 15.8. The Kier molecular flexibility index (Phi) is 3.56. The first-order valence-electron chi connectivity index (χ1n) is 7.49. The zero-order valence-corrected chi connectivity index (χ0v) is 13.5. The number of fused-ring (bicyclic) bond motifs is 2. The standard InChI is InChI=1S/C19H15NO2S/c1-20-19(21)15-9-4-7-13-8-5-11-17(18(13)15)23-16-10-3-2-6-14(16)12-22-23/h2-11H,12H2,1H3/p+1. The van der Waals surface area contributed by atoms with Gasteiger partial charge >= 0.3 is 0 Å². The van der Waals surface area contributed by atoms with E-state index in [9.17, 15) is 4.79 Å². The maximum Gasteiger partial charge on any atom is 0.251 e. The fraction of sp³-hybridized carbons (Fsp3) is 0.105. The molecule has 0 fully saturated rings. The van der Waals surface area contributed by atoms with E-state index in [1.54, 1.807) is 7.05 Å². The van der Waals surface area contributed by atoms with Gasteiger partial charge in [0, 0.05) is 12.6 Å². The SMILES string of the molecule is CNC(=O)c1cccc2cccc([S+]3OCc4ccccc43)c12. The van der Waals surface area contributed by atoms with Crippen LogP contribution in [0.5, 0.6) is 0 Å². The second-order valence-corrected chi connectivity index (χ2v) is 7.03. The van der Waals surface area contributed by atoms with Gasteiger partial charge in [0.05, 0.1) is 10.9 Å². The molecule has 4 rings (SSSR count). The van der Waals surface area contributed by atoms with Crippen molar-refractivity contribution in [1.29, 1.82) is 0 Å². The number of carbonyl (C=O) groups is 1. The molecule has 0 aromatic heterocycles. The van der Waals surface area contributed by atoms with E-state index >= 15 is 0 Å². The van der Waals surface area contributed by atoms with Gasteiger partial charge in [0.15, 0.2) is 0 Å². The van der Waals surface area contributed by atoms with Gasteiger partial charge < -0.3 is 5.32 Å². The Morgan fingerprint density at radius 2 is 1.74 bits per heavy atom. The molecule has 3 nitrogen and oxygen atoms in total. The number of amides is 1. The summed E-state index contributed by atoms with van der Waals surface area (Å²) in [6.45, 7) is 0.623. The Hall–Kier alpha value is -2.30. The minimum absolute atomic E-state index is 0.0702. The lowest BCUT2D eigenvalue weighted by atomic mass is 10.0. The first-order chi connectivity index (χ1) is 11.3. The van der Waals surface area contributed by atoms with E-state index < -0.39 is 11.2 Å². The predicted octanol–water partition coefficient (Wildman–Crippen LogP) is 3.68. The van der Waals surface area contributed by atoms with E-state index in [0.29, 0.717) is 12.2 Å². The maximum absolute atomic E-state index is 12.3. The molecule has 0 saturated carbocycles. The van der Waals surface area contributed by atoms with Crippen LogP contribution in [-0.2, 0) is 22.0 Å². The summed E-state index contributed by atoms with van der Waals surface area (Å²) in [4.78, 5) is 14.6. The van der Waals surface area contributed by atoms with Crippen molar-refractivity contribution in [3.05, 3.63) is 71.8 Å². The lowest BCUT2D eigenvalue weighted by molar-refractivity contribution is 0.0964. The molecule has 3 aromatic carbocycles. The lowest BCUT2D eigenvalue weighted by Crippen LogP contribution is -2.18. The first-order valence-corrected chi connectivity index (χ1v) is 8.64. The molecule has 1 N–H and O–H groups in total. The largest absolute Gasteiger partial charge is 0.355 e. The molecule has 0 saturated heterocycles. The Bertz CT molecular complexity index is 902. The van der Waals surface area contributed by atoms with Crippen LogP contribution in [0.25, 0.3) is 10.8 Å².